The van der Waals surface area contributed by atoms with Crippen LogP contribution in [0.25, 0.3) is 0 Å². The van der Waals surface area contributed by atoms with Crippen LogP contribution in [0.1, 0.15) is 0 Å². The van der Waals surface area contributed by atoms with Crippen LogP contribution in [-0.4, -0.2) is 21.5 Å². The Morgan fingerprint density at radius 1 is 1.50 bits per heavy atom. The molecule has 1 rings (SSSR count). The van der Waals surface area contributed by atoms with Gasteiger partial charge in [0.25, 0.3) is 0 Å². The second-order valence-electron chi connectivity index (χ2n) is 2.70. The molecule has 0 unspecified atom stereocenters. The Morgan fingerprint density at radius 2 is 2.14 bits per heavy atom. The standard InChI is InChI=1S/C8H10FNO3S/c1-13-5-14(11,12)8-4-6(9)2-3-7(8)10/h2-4H,5,10H2,1H3. The number of nitrogen functional groups attached to an aromatic ring is 1. The van der Waals surface area contributed by atoms with Crippen molar-refractivity contribution >= 4 is 15.5 Å². The molecule has 0 aliphatic rings. The lowest BCUT2D eigenvalue weighted by atomic mass is 10.3. The molecule has 0 aromatic heterocycles. The maximum Gasteiger partial charge on any atom is 0.204 e. The monoisotopic (exact) mass is 219 g/mol. The number of nitrogens with two attached hydrogens (primary N) is 1. The van der Waals surface area contributed by atoms with Crippen LogP contribution in [0.4, 0.5) is 10.1 Å². The Balaban J connectivity index is 3.25. The van der Waals surface area contributed by atoms with Crippen molar-refractivity contribution in [2.75, 3.05) is 18.8 Å². The van der Waals surface area contributed by atoms with Gasteiger partial charge in [-0.25, -0.2) is 12.8 Å². The van der Waals surface area contributed by atoms with Gasteiger partial charge in [0.2, 0.25) is 9.84 Å². The molecule has 0 radical (unpaired) electrons. The summed E-state index contributed by atoms with van der Waals surface area (Å²) in [5.74, 6) is -1.16. The fraction of sp³-hybridized carbons (Fsp3) is 0.250. The van der Waals surface area contributed by atoms with Gasteiger partial charge in [0, 0.05) is 7.11 Å². The van der Waals surface area contributed by atoms with E-state index in [0.717, 1.165) is 12.1 Å². The highest BCUT2D eigenvalue weighted by atomic mass is 32.2. The van der Waals surface area contributed by atoms with Gasteiger partial charge in [0.15, 0.2) is 5.94 Å². The zero-order chi connectivity index (χ0) is 10.8. The molecule has 0 aliphatic heterocycles. The van der Waals surface area contributed by atoms with E-state index in [0.29, 0.717) is 0 Å². The van der Waals surface area contributed by atoms with E-state index < -0.39 is 21.6 Å². The van der Waals surface area contributed by atoms with Crippen LogP contribution in [-0.2, 0) is 14.6 Å². The molecule has 0 saturated heterocycles. The highest BCUT2D eigenvalue weighted by Gasteiger charge is 2.17. The van der Waals surface area contributed by atoms with E-state index in [1.165, 1.54) is 13.2 Å². The Bertz CT molecular complexity index is 430. The van der Waals surface area contributed by atoms with Gasteiger partial charge in [-0.2, -0.15) is 0 Å². The smallest absolute Gasteiger partial charge is 0.204 e. The minimum Gasteiger partial charge on any atom is -0.398 e. The molecule has 0 atom stereocenters. The van der Waals surface area contributed by atoms with Gasteiger partial charge in [-0.15, -0.1) is 0 Å². The minimum atomic E-state index is -3.65. The first kappa shape index (κ1) is 10.9. The summed E-state index contributed by atoms with van der Waals surface area (Å²) in [4.78, 5) is -0.237. The lowest BCUT2D eigenvalue weighted by Gasteiger charge is -2.05. The van der Waals surface area contributed by atoms with Crippen molar-refractivity contribution in [1.29, 1.82) is 0 Å². The number of anilines is 1. The Morgan fingerprint density at radius 3 is 2.71 bits per heavy atom. The Labute approximate surface area is 81.4 Å². The Kier molecular flexibility index (Phi) is 3.07. The highest BCUT2D eigenvalue weighted by Crippen LogP contribution is 2.20. The lowest BCUT2D eigenvalue weighted by Crippen LogP contribution is -2.10. The number of benzene rings is 1. The third-order valence-corrected chi connectivity index (χ3v) is 3.15. The third-order valence-electron chi connectivity index (χ3n) is 1.58. The van der Waals surface area contributed by atoms with Crippen LogP contribution in [0.15, 0.2) is 23.1 Å². The van der Waals surface area contributed by atoms with E-state index in [1.807, 2.05) is 0 Å². The lowest BCUT2D eigenvalue weighted by molar-refractivity contribution is 0.250. The summed E-state index contributed by atoms with van der Waals surface area (Å²) in [6, 6.07) is 3.18. The van der Waals surface area contributed by atoms with Crippen LogP contribution >= 0.6 is 0 Å². The van der Waals surface area contributed by atoms with Gasteiger partial charge in [-0.3, -0.25) is 0 Å². The summed E-state index contributed by atoms with van der Waals surface area (Å²) in [5, 5.41) is 0. The molecule has 0 aliphatic carbocycles. The van der Waals surface area contributed by atoms with E-state index in [-0.39, 0.29) is 10.6 Å². The summed E-state index contributed by atoms with van der Waals surface area (Å²) < 4.78 is 40.1. The fourth-order valence-electron chi connectivity index (χ4n) is 0.996. The first-order valence-electron chi connectivity index (χ1n) is 3.74. The Hall–Kier alpha value is -1.14. The first-order chi connectivity index (χ1) is 6.47. The maximum absolute atomic E-state index is 12.8. The average Bonchev–Trinajstić information content (AvgIpc) is 2.09. The molecule has 78 valence electrons. The molecule has 0 heterocycles. The molecule has 6 heteroatoms. The fourth-order valence-corrected chi connectivity index (χ4v) is 2.15. The van der Waals surface area contributed by atoms with Gasteiger partial charge in [-0.1, -0.05) is 0 Å². The minimum absolute atomic E-state index is 0.0171. The molecule has 2 N–H and O–H groups in total. The molecule has 1 aromatic rings. The number of rotatable bonds is 3. The van der Waals surface area contributed by atoms with Crippen LogP contribution in [0.5, 0.6) is 0 Å². The largest absolute Gasteiger partial charge is 0.398 e. The summed E-state index contributed by atoms with van der Waals surface area (Å²) in [7, 11) is -2.41. The van der Waals surface area contributed by atoms with Crippen molar-refractivity contribution < 1.29 is 17.5 Å². The zero-order valence-electron chi connectivity index (χ0n) is 7.53. The number of sulfone groups is 1. The second-order valence-corrected chi connectivity index (χ2v) is 4.61. The summed E-state index contributed by atoms with van der Waals surface area (Å²) in [6.45, 7) is 0. The zero-order valence-corrected chi connectivity index (χ0v) is 8.34. The van der Waals surface area contributed by atoms with E-state index in [9.17, 15) is 12.8 Å². The van der Waals surface area contributed by atoms with Gasteiger partial charge >= 0.3 is 0 Å². The predicted octanol–water partition coefficient (Wildman–Crippen LogP) is 0.786. The van der Waals surface area contributed by atoms with Gasteiger partial charge in [0.05, 0.1) is 10.6 Å². The normalized spacial score (nSPS) is 11.6. The molecule has 1 aromatic carbocycles. The number of hydrogen-bond acceptors (Lipinski definition) is 4. The molecule has 0 amide bonds. The summed E-state index contributed by atoms with van der Waals surface area (Å²) >= 11 is 0. The van der Waals surface area contributed by atoms with Crippen molar-refractivity contribution in [3.05, 3.63) is 24.0 Å². The molecular formula is C8H10FNO3S. The van der Waals surface area contributed by atoms with Crippen molar-refractivity contribution in [2.24, 2.45) is 0 Å². The van der Waals surface area contributed by atoms with E-state index in [1.54, 1.807) is 0 Å². The molecule has 4 nitrogen and oxygen atoms in total. The van der Waals surface area contributed by atoms with E-state index in [2.05, 4.69) is 4.74 Å². The molecule has 0 bridgehead atoms. The van der Waals surface area contributed by atoms with E-state index >= 15 is 0 Å². The topological polar surface area (TPSA) is 69.4 Å². The maximum atomic E-state index is 12.8. The molecule has 0 fully saturated rings. The molecule has 0 spiro atoms. The van der Waals surface area contributed by atoms with Crippen molar-refractivity contribution in [3.8, 4) is 0 Å². The number of halogens is 1. The third kappa shape index (κ3) is 2.21. The van der Waals surface area contributed by atoms with Crippen LogP contribution in [0, 0.1) is 5.82 Å². The number of methoxy groups -OCH3 is 1. The van der Waals surface area contributed by atoms with Gasteiger partial charge < -0.3 is 10.5 Å². The van der Waals surface area contributed by atoms with Crippen LogP contribution < -0.4 is 5.73 Å². The number of hydrogen-bond donors (Lipinski definition) is 1. The van der Waals surface area contributed by atoms with Crippen LogP contribution in [0.3, 0.4) is 0 Å². The first-order valence-corrected chi connectivity index (χ1v) is 5.39. The quantitative estimate of drug-likeness (QED) is 0.763. The van der Waals surface area contributed by atoms with E-state index in [4.69, 9.17) is 5.73 Å². The predicted molar refractivity (Wildman–Crippen MR) is 49.9 cm³/mol. The second kappa shape index (κ2) is 3.93. The highest BCUT2D eigenvalue weighted by molar-refractivity contribution is 7.91. The molecular weight excluding hydrogens is 209 g/mol. The summed E-state index contributed by atoms with van der Waals surface area (Å²) in [6.07, 6.45) is 0. The SMILES string of the molecule is COCS(=O)(=O)c1cc(F)ccc1N. The average molecular weight is 219 g/mol. The van der Waals surface area contributed by atoms with Gasteiger partial charge in [0.1, 0.15) is 5.82 Å². The molecule has 0 saturated carbocycles. The molecule has 14 heavy (non-hydrogen) atoms. The van der Waals surface area contributed by atoms with Gasteiger partial charge in [-0.05, 0) is 18.2 Å². The number of ether oxygens (including phenoxy) is 1. The summed E-state index contributed by atoms with van der Waals surface area (Å²) in [5.41, 5.74) is 5.42. The van der Waals surface area contributed by atoms with Crippen LogP contribution in [0.2, 0.25) is 0 Å². The van der Waals surface area contributed by atoms with Crippen molar-refractivity contribution in [1.82, 2.24) is 0 Å². The van der Waals surface area contributed by atoms with Crippen molar-refractivity contribution in [3.63, 3.8) is 0 Å². The van der Waals surface area contributed by atoms with Crippen molar-refractivity contribution in [2.45, 2.75) is 4.90 Å².